The fraction of sp³-hybridized carbons (Fsp3) is 0.400. The third-order valence-electron chi connectivity index (χ3n) is 3.90. The van der Waals surface area contributed by atoms with E-state index in [1.807, 2.05) is 6.07 Å². The fourth-order valence-electron chi connectivity index (χ4n) is 2.69. The molecule has 1 saturated carbocycles. The molecule has 0 bridgehead atoms. The van der Waals surface area contributed by atoms with Crippen LogP contribution in [0.3, 0.4) is 0 Å². The Morgan fingerprint density at radius 2 is 2.11 bits per heavy atom. The van der Waals surface area contributed by atoms with Crippen molar-refractivity contribution in [2.75, 3.05) is 0 Å². The van der Waals surface area contributed by atoms with Crippen molar-refractivity contribution in [3.8, 4) is 0 Å². The summed E-state index contributed by atoms with van der Waals surface area (Å²) in [5.41, 5.74) is 2.42. The average molecular weight is 243 g/mol. The highest BCUT2D eigenvalue weighted by Gasteiger charge is 2.21. The van der Waals surface area contributed by atoms with Gasteiger partial charge in [-0.3, -0.25) is 4.79 Å². The molecule has 94 valence electrons. The van der Waals surface area contributed by atoms with Gasteiger partial charge in [-0.15, -0.1) is 0 Å². The predicted molar refractivity (Wildman–Crippen MR) is 70.8 cm³/mol. The predicted octanol–water partition coefficient (Wildman–Crippen LogP) is 3.38. The first-order valence-electron chi connectivity index (χ1n) is 6.56. The molecule has 0 radical (unpaired) electrons. The number of carbonyl (C=O) groups is 1. The summed E-state index contributed by atoms with van der Waals surface area (Å²) in [5, 5.41) is 10.0. The Morgan fingerprint density at radius 1 is 1.33 bits per heavy atom. The maximum atomic E-state index is 10.7. The molecule has 1 aliphatic carbocycles. The number of para-hydroxylation sites is 1. The second kappa shape index (κ2) is 4.48. The molecule has 1 fully saturated rings. The number of hydrogen-bond donors (Lipinski definition) is 1. The van der Waals surface area contributed by atoms with E-state index in [0.717, 1.165) is 0 Å². The third kappa shape index (κ3) is 1.90. The van der Waals surface area contributed by atoms with Gasteiger partial charge in [0.25, 0.3) is 0 Å². The molecule has 0 amide bonds. The number of benzene rings is 1. The lowest BCUT2D eigenvalue weighted by molar-refractivity contribution is -0.136. The van der Waals surface area contributed by atoms with E-state index in [2.05, 4.69) is 29.0 Å². The minimum Gasteiger partial charge on any atom is -0.481 e. The number of nitrogens with zero attached hydrogens (tertiary/aromatic N) is 1. The summed E-state index contributed by atoms with van der Waals surface area (Å²) in [7, 11) is 0. The van der Waals surface area contributed by atoms with Crippen LogP contribution >= 0.6 is 0 Å². The van der Waals surface area contributed by atoms with Gasteiger partial charge in [0.15, 0.2) is 0 Å². The van der Waals surface area contributed by atoms with Crippen molar-refractivity contribution in [2.45, 2.75) is 38.1 Å². The maximum Gasteiger partial charge on any atom is 0.303 e. The van der Waals surface area contributed by atoms with Crippen LogP contribution in [0.25, 0.3) is 10.9 Å². The van der Waals surface area contributed by atoms with Crippen LogP contribution in [0.15, 0.2) is 30.5 Å². The quantitative estimate of drug-likeness (QED) is 0.894. The van der Waals surface area contributed by atoms with Gasteiger partial charge in [-0.2, -0.15) is 0 Å². The van der Waals surface area contributed by atoms with Crippen molar-refractivity contribution in [3.05, 3.63) is 36.0 Å². The monoisotopic (exact) mass is 243 g/mol. The number of fused-ring (bicyclic) bond motifs is 1. The molecule has 0 saturated heterocycles. The smallest absolute Gasteiger partial charge is 0.303 e. The van der Waals surface area contributed by atoms with Crippen LogP contribution < -0.4 is 0 Å². The van der Waals surface area contributed by atoms with Crippen molar-refractivity contribution < 1.29 is 9.90 Å². The topological polar surface area (TPSA) is 42.2 Å². The Bertz CT molecular complexity index is 581. The largest absolute Gasteiger partial charge is 0.481 e. The van der Waals surface area contributed by atoms with Crippen LogP contribution in [0.4, 0.5) is 0 Å². The van der Waals surface area contributed by atoms with Crippen LogP contribution in [0.5, 0.6) is 0 Å². The summed E-state index contributed by atoms with van der Waals surface area (Å²) < 4.78 is 2.34. The van der Waals surface area contributed by atoms with E-state index in [9.17, 15) is 4.79 Å². The van der Waals surface area contributed by atoms with Crippen LogP contribution in [0.2, 0.25) is 0 Å². The summed E-state index contributed by atoms with van der Waals surface area (Å²) in [4.78, 5) is 10.7. The normalized spacial score (nSPS) is 15.8. The summed E-state index contributed by atoms with van der Waals surface area (Å²) >= 11 is 0. The number of aryl methyl sites for hydroxylation is 1. The Kier molecular flexibility index (Phi) is 2.82. The highest BCUT2D eigenvalue weighted by atomic mass is 16.4. The number of hydrogen-bond acceptors (Lipinski definition) is 1. The van der Waals surface area contributed by atoms with E-state index in [4.69, 9.17) is 5.11 Å². The molecule has 18 heavy (non-hydrogen) atoms. The van der Waals surface area contributed by atoms with Crippen LogP contribution in [-0.4, -0.2) is 15.6 Å². The Balaban J connectivity index is 2.00. The van der Waals surface area contributed by atoms with E-state index in [-0.39, 0.29) is 6.42 Å². The molecule has 1 heterocycles. The van der Waals surface area contributed by atoms with Gasteiger partial charge in [-0.05, 0) is 37.3 Å². The summed E-state index contributed by atoms with van der Waals surface area (Å²) in [5.74, 6) is -0.726. The van der Waals surface area contributed by atoms with Gasteiger partial charge < -0.3 is 9.67 Å². The summed E-state index contributed by atoms with van der Waals surface area (Å²) in [6.45, 7) is 0. The first-order valence-corrected chi connectivity index (χ1v) is 6.56. The molecule has 0 unspecified atom stereocenters. The molecule has 2 aromatic rings. The Labute approximate surface area is 106 Å². The molecule has 0 atom stereocenters. The maximum absolute atomic E-state index is 10.7. The van der Waals surface area contributed by atoms with Gasteiger partial charge in [0.2, 0.25) is 0 Å². The van der Waals surface area contributed by atoms with Gasteiger partial charge in [-0.1, -0.05) is 18.2 Å². The number of rotatable bonds is 4. The standard InChI is InChI=1S/C15H17NO2/c17-15(18)9-8-11-10-16(12-4-3-5-12)14-7-2-1-6-13(11)14/h1-2,6-7,10,12H,3-5,8-9H2,(H,17,18). The minimum atomic E-state index is -0.726. The van der Waals surface area contributed by atoms with E-state index in [1.165, 1.54) is 35.7 Å². The zero-order valence-electron chi connectivity index (χ0n) is 10.3. The van der Waals surface area contributed by atoms with Gasteiger partial charge in [0.05, 0.1) is 0 Å². The van der Waals surface area contributed by atoms with Crippen molar-refractivity contribution in [1.29, 1.82) is 0 Å². The SMILES string of the molecule is O=C(O)CCc1cn(C2CCC2)c2ccccc12. The van der Waals surface area contributed by atoms with Crippen molar-refractivity contribution in [1.82, 2.24) is 4.57 Å². The highest BCUT2D eigenvalue weighted by Crippen LogP contribution is 2.36. The Morgan fingerprint density at radius 3 is 2.78 bits per heavy atom. The molecule has 1 aliphatic rings. The van der Waals surface area contributed by atoms with Crippen LogP contribution in [0.1, 0.15) is 37.3 Å². The van der Waals surface area contributed by atoms with E-state index < -0.39 is 5.97 Å². The van der Waals surface area contributed by atoms with Crippen molar-refractivity contribution in [3.63, 3.8) is 0 Å². The van der Waals surface area contributed by atoms with Crippen LogP contribution in [-0.2, 0) is 11.2 Å². The lowest BCUT2D eigenvalue weighted by Crippen LogP contribution is -2.15. The molecular formula is C15H17NO2. The molecule has 1 aromatic carbocycles. The second-order valence-corrected chi connectivity index (χ2v) is 5.06. The first kappa shape index (κ1) is 11.3. The van der Waals surface area contributed by atoms with Crippen molar-refractivity contribution in [2.24, 2.45) is 0 Å². The zero-order chi connectivity index (χ0) is 12.5. The van der Waals surface area contributed by atoms with Gasteiger partial charge in [0.1, 0.15) is 0 Å². The zero-order valence-corrected chi connectivity index (χ0v) is 10.3. The van der Waals surface area contributed by atoms with Gasteiger partial charge >= 0.3 is 5.97 Å². The molecule has 3 heteroatoms. The lowest BCUT2D eigenvalue weighted by Gasteiger charge is -2.28. The first-order chi connectivity index (χ1) is 8.75. The van der Waals surface area contributed by atoms with Gasteiger partial charge in [-0.25, -0.2) is 0 Å². The number of carboxylic acids is 1. The lowest BCUT2D eigenvalue weighted by atomic mass is 9.93. The van der Waals surface area contributed by atoms with E-state index in [1.54, 1.807) is 0 Å². The number of aromatic nitrogens is 1. The molecule has 0 spiro atoms. The average Bonchev–Trinajstić information content (AvgIpc) is 2.64. The minimum absolute atomic E-state index is 0.207. The molecule has 0 aliphatic heterocycles. The number of carboxylic acid groups (broad SMARTS) is 1. The summed E-state index contributed by atoms with van der Waals surface area (Å²) in [6.07, 6.45) is 6.79. The van der Waals surface area contributed by atoms with Crippen LogP contribution in [0, 0.1) is 0 Å². The number of aliphatic carboxylic acids is 1. The molecule has 1 aromatic heterocycles. The van der Waals surface area contributed by atoms with E-state index >= 15 is 0 Å². The second-order valence-electron chi connectivity index (χ2n) is 5.06. The molecular weight excluding hydrogens is 226 g/mol. The third-order valence-corrected chi connectivity index (χ3v) is 3.90. The van der Waals surface area contributed by atoms with Crippen molar-refractivity contribution >= 4 is 16.9 Å². The highest BCUT2D eigenvalue weighted by molar-refractivity contribution is 5.84. The Hall–Kier alpha value is -1.77. The van der Waals surface area contributed by atoms with Gasteiger partial charge in [0, 0.05) is 29.6 Å². The molecule has 3 nitrogen and oxygen atoms in total. The molecule has 3 rings (SSSR count). The van der Waals surface area contributed by atoms with E-state index in [0.29, 0.717) is 12.5 Å². The molecule has 1 N–H and O–H groups in total. The fourth-order valence-corrected chi connectivity index (χ4v) is 2.69. The summed E-state index contributed by atoms with van der Waals surface area (Å²) in [6, 6.07) is 8.93.